The summed E-state index contributed by atoms with van der Waals surface area (Å²) >= 11 is 6.07. The summed E-state index contributed by atoms with van der Waals surface area (Å²) in [4.78, 5) is 22.6. The molecule has 22 heavy (non-hydrogen) atoms. The molecule has 1 amide bonds. The highest BCUT2D eigenvalue weighted by Gasteiger charge is 2.40. The zero-order valence-electron chi connectivity index (χ0n) is 12.6. The minimum atomic E-state index is -0.120. The fraction of sp³-hybridized carbons (Fsp3) is 0.353. The molecule has 2 aromatic rings. The molecule has 1 aliphatic rings. The molecule has 1 aromatic carbocycles. The van der Waals surface area contributed by atoms with E-state index in [1.807, 2.05) is 23.1 Å². The van der Waals surface area contributed by atoms with Gasteiger partial charge in [-0.05, 0) is 25.8 Å². The number of aromatic nitrogens is 2. The maximum Gasteiger partial charge on any atom is 0.274 e. The van der Waals surface area contributed by atoms with Crippen LogP contribution in [0.25, 0.3) is 0 Å². The van der Waals surface area contributed by atoms with E-state index in [1.54, 1.807) is 0 Å². The summed E-state index contributed by atoms with van der Waals surface area (Å²) in [7, 11) is 0. The minimum Gasteiger partial charge on any atom is -0.331 e. The predicted molar refractivity (Wildman–Crippen MR) is 85.9 cm³/mol. The van der Waals surface area contributed by atoms with Crippen LogP contribution in [0.5, 0.6) is 0 Å². The molecular formula is C17H18ClN3O. The van der Waals surface area contributed by atoms with Crippen molar-refractivity contribution < 1.29 is 4.79 Å². The lowest BCUT2D eigenvalue weighted by molar-refractivity contribution is 0.0682. The first-order chi connectivity index (χ1) is 10.6. The number of rotatable bonds is 2. The van der Waals surface area contributed by atoms with Crippen molar-refractivity contribution in [3.8, 4) is 0 Å². The maximum absolute atomic E-state index is 12.8. The molecule has 5 heteroatoms. The third-order valence-corrected chi connectivity index (χ3v) is 4.70. The van der Waals surface area contributed by atoms with Gasteiger partial charge in [0.15, 0.2) is 0 Å². The fourth-order valence-corrected chi connectivity index (χ4v) is 3.55. The van der Waals surface area contributed by atoms with Gasteiger partial charge in [-0.15, -0.1) is 0 Å². The summed E-state index contributed by atoms with van der Waals surface area (Å²) in [5.74, 6) is 0.214. The zero-order chi connectivity index (χ0) is 15.7. The molecule has 0 bridgehead atoms. The van der Waals surface area contributed by atoms with Gasteiger partial charge in [-0.1, -0.05) is 41.9 Å². The Morgan fingerprint density at radius 1 is 1.27 bits per heavy atom. The molecule has 0 spiro atoms. The standard InChI is InChI=1S/C17H18ClN3O/c1-11-8-14(13-6-4-3-5-7-13)12(2)21(11)17(22)16-15(18)9-19-10-20-16/h3-7,9-12,14H,8H2,1-2H3. The van der Waals surface area contributed by atoms with E-state index in [2.05, 4.69) is 35.9 Å². The van der Waals surface area contributed by atoms with E-state index < -0.39 is 0 Å². The topological polar surface area (TPSA) is 46.1 Å². The molecule has 3 rings (SSSR count). The lowest BCUT2D eigenvalue weighted by atomic mass is 9.92. The number of carbonyl (C=O) groups is 1. The summed E-state index contributed by atoms with van der Waals surface area (Å²) in [6.45, 7) is 4.17. The second-order valence-corrected chi connectivity index (χ2v) is 6.18. The molecule has 0 aliphatic carbocycles. The average molecular weight is 316 g/mol. The van der Waals surface area contributed by atoms with Crippen LogP contribution in [0.4, 0.5) is 0 Å². The summed E-state index contributed by atoms with van der Waals surface area (Å²) in [6, 6.07) is 10.6. The van der Waals surface area contributed by atoms with Crippen LogP contribution in [0, 0.1) is 0 Å². The lowest BCUT2D eigenvalue weighted by Crippen LogP contribution is -2.40. The summed E-state index contributed by atoms with van der Waals surface area (Å²) in [5, 5.41) is 0.301. The van der Waals surface area contributed by atoms with Crippen LogP contribution in [0.3, 0.4) is 0 Å². The third kappa shape index (κ3) is 2.59. The Bertz CT molecular complexity index is 677. The molecule has 1 saturated heterocycles. The van der Waals surface area contributed by atoms with Crippen molar-refractivity contribution in [1.29, 1.82) is 0 Å². The molecule has 1 aromatic heterocycles. The quantitative estimate of drug-likeness (QED) is 0.851. The Morgan fingerprint density at radius 2 is 2.00 bits per heavy atom. The fourth-order valence-electron chi connectivity index (χ4n) is 3.37. The smallest absolute Gasteiger partial charge is 0.274 e. The number of hydrogen-bond acceptors (Lipinski definition) is 3. The molecule has 0 radical (unpaired) electrons. The van der Waals surface area contributed by atoms with Crippen molar-refractivity contribution in [2.45, 2.75) is 38.3 Å². The van der Waals surface area contributed by atoms with Crippen molar-refractivity contribution in [1.82, 2.24) is 14.9 Å². The van der Waals surface area contributed by atoms with Crippen LogP contribution >= 0.6 is 11.6 Å². The second-order valence-electron chi connectivity index (χ2n) is 5.77. The molecular weight excluding hydrogens is 298 g/mol. The number of hydrogen-bond donors (Lipinski definition) is 0. The second kappa shape index (κ2) is 6.05. The number of likely N-dealkylation sites (tertiary alicyclic amines) is 1. The predicted octanol–water partition coefficient (Wildman–Crippen LogP) is 3.54. The third-order valence-electron chi connectivity index (χ3n) is 4.42. The van der Waals surface area contributed by atoms with Crippen molar-refractivity contribution in [2.24, 2.45) is 0 Å². The normalized spacial score (nSPS) is 24.5. The number of amides is 1. The van der Waals surface area contributed by atoms with E-state index in [0.717, 1.165) is 6.42 Å². The van der Waals surface area contributed by atoms with Crippen molar-refractivity contribution in [3.05, 3.63) is 59.1 Å². The van der Waals surface area contributed by atoms with E-state index in [-0.39, 0.29) is 23.7 Å². The lowest BCUT2D eigenvalue weighted by Gasteiger charge is -2.27. The number of halogens is 1. The van der Waals surface area contributed by atoms with E-state index in [0.29, 0.717) is 10.9 Å². The van der Waals surface area contributed by atoms with Crippen LogP contribution in [-0.2, 0) is 0 Å². The van der Waals surface area contributed by atoms with Gasteiger partial charge in [-0.2, -0.15) is 0 Å². The zero-order valence-corrected chi connectivity index (χ0v) is 13.4. The number of nitrogens with zero attached hydrogens (tertiary/aromatic N) is 3. The Hall–Kier alpha value is -1.94. The van der Waals surface area contributed by atoms with Gasteiger partial charge in [0, 0.05) is 24.2 Å². The van der Waals surface area contributed by atoms with Crippen LogP contribution in [0.15, 0.2) is 42.9 Å². The first-order valence-electron chi connectivity index (χ1n) is 7.42. The number of benzene rings is 1. The van der Waals surface area contributed by atoms with Crippen LogP contribution in [0.1, 0.15) is 42.2 Å². The van der Waals surface area contributed by atoms with Crippen molar-refractivity contribution in [2.75, 3.05) is 0 Å². The average Bonchev–Trinajstić information content (AvgIpc) is 2.83. The van der Waals surface area contributed by atoms with Crippen LogP contribution in [0.2, 0.25) is 5.02 Å². The van der Waals surface area contributed by atoms with Gasteiger partial charge in [0.25, 0.3) is 5.91 Å². The number of carbonyl (C=O) groups excluding carboxylic acids is 1. The van der Waals surface area contributed by atoms with Gasteiger partial charge in [-0.3, -0.25) is 4.79 Å². The Balaban J connectivity index is 1.89. The van der Waals surface area contributed by atoms with E-state index in [1.165, 1.54) is 18.1 Å². The molecule has 1 fully saturated rings. The molecule has 1 aliphatic heterocycles. The maximum atomic E-state index is 12.8. The van der Waals surface area contributed by atoms with Crippen molar-refractivity contribution >= 4 is 17.5 Å². The molecule has 3 atom stereocenters. The van der Waals surface area contributed by atoms with E-state index in [4.69, 9.17) is 11.6 Å². The van der Waals surface area contributed by atoms with Gasteiger partial charge in [0.2, 0.25) is 0 Å². The monoisotopic (exact) mass is 315 g/mol. The van der Waals surface area contributed by atoms with Gasteiger partial charge in [-0.25, -0.2) is 9.97 Å². The Morgan fingerprint density at radius 3 is 2.68 bits per heavy atom. The first kappa shape index (κ1) is 15.0. The Kier molecular flexibility index (Phi) is 4.12. The van der Waals surface area contributed by atoms with Gasteiger partial charge < -0.3 is 4.90 Å². The highest BCUT2D eigenvalue weighted by molar-refractivity contribution is 6.33. The molecule has 114 valence electrons. The van der Waals surface area contributed by atoms with Crippen LogP contribution in [-0.4, -0.2) is 32.9 Å². The van der Waals surface area contributed by atoms with E-state index in [9.17, 15) is 4.79 Å². The highest BCUT2D eigenvalue weighted by Crippen LogP contribution is 2.38. The molecule has 4 nitrogen and oxygen atoms in total. The largest absolute Gasteiger partial charge is 0.331 e. The van der Waals surface area contributed by atoms with Gasteiger partial charge in [0.1, 0.15) is 12.0 Å². The SMILES string of the molecule is CC1CC(c2ccccc2)C(C)N1C(=O)c1ncncc1Cl. The summed E-state index contributed by atoms with van der Waals surface area (Å²) in [6.07, 6.45) is 3.76. The van der Waals surface area contributed by atoms with E-state index >= 15 is 0 Å². The summed E-state index contributed by atoms with van der Waals surface area (Å²) < 4.78 is 0. The minimum absolute atomic E-state index is 0.107. The molecule has 2 heterocycles. The highest BCUT2D eigenvalue weighted by atomic mass is 35.5. The van der Waals surface area contributed by atoms with Crippen molar-refractivity contribution in [3.63, 3.8) is 0 Å². The summed E-state index contributed by atoms with van der Waals surface area (Å²) in [5.41, 5.74) is 1.55. The first-order valence-corrected chi connectivity index (χ1v) is 7.80. The van der Waals surface area contributed by atoms with Crippen LogP contribution < -0.4 is 0 Å². The molecule has 3 unspecified atom stereocenters. The van der Waals surface area contributed by atoms with Gasteiger partial charge in [0.05, 0.1) is 5.02 Å². The Labute approximate surface area is 135 Å². The molecule has 0 saturated carbocycles. The van der Waals surface area contributed by atoms with Gasteiger partial charge >= 0.3 is 0 Å². The molecule has 0 N–H and O–H groups in total.